The van der Waals surface area contributed by atoms with E-state index in [1.807, 2.05) is 25.9 Å². The van der Waals surface area contributed by atoms with E-state index >= 15 is 0 Å². The monoisotopic (exact) mass is 201 g/mol. The van der Waals surface area contributed by atoms with E-state index in [9.17, 15) is 4.79 Å². The third-order valence-electron chi connectivity index (χ3n) is 1.94. The zero-order chi connectivity index (χ0) is 11.0. The van der Waals surface area contributed by atoms with Crippen LogP contribution in [-0.4, -0.2) is 44.0 Å². The van der Waals surface area contributed by atoms with Gasteiger partial charge in [0, 0.05) is 25.6 Å². The lowest BCUT2D eigenvalue weighted by molar-refractivity contribution is -0.121. The van der Waals surface area contributed by atoms with E-state index in [1.54, 1.807) is 0 Å². The van der Waals surface area contributed by atoms with E-state index in [4.69, 9.17) is 5.73 Å². The lowest BCUT2D eigenvalue weighted by Gasteiger charge is -2.10. The van der Waals surface area contributed by atoms with Gasteiger partial charge >= 0.3 is 0 Å². The zero-order valence-electron chi connectivity index (χ0n) is 9.55. The highest BCUT2D eigenvalue weighted by molar-refractivity contribution is 5.75. The van der Waals surface area contributed by atoms with Crippen molar-refractivity contribution in [2.45, 2.75) is 32.2 Å². The number of likely N-dealkylation sites (N-methyl/N-ethyl adjacent to an activating group) is 1. The van der Waals surface area contributed by atoms with E-state index in [2.05, 4.69) is 5.32 Å². The van der Waals surface area contributed by atoms with Crippen LogP contribution in [0.15, 0.2) is 0 Å². The van der Waals surface area contributed by atoms with Crippen LogP contribution in [0.1, 0.15) is 26.2 Å². The molecule has 0 spiro atoms. The Hall–Kier alpha value is -0.610. The van der Waals surface area contributed by atoms with Crippen molar-refractivity contribution < 1.29 is 4.79 Å². The summed E-state index contributed by atoms with van der Waals surface area (Å²) >= 11 is 0. The van der Waals surface area contributed by atoms with Gasteiger partial charge in [0.2, 0.25) is 5.91 Å². The van der Waals surface area contributed by atoms with Gasteiger partial charge in [-0.3, -0.25) is 4.79 Å². The summed E-state index contributed by atoms with van der Waals surface area (Å²) in [5.41, 5.74) is 5.58. The molecule has 14 heavy (non-hydrogen) atoms. The fourth-order valence-electron chi connectivity index (χ4n) is 1.09. The van der Waals surface area contributed by atoms with Crippen molar-refractivity contribution in [1.82, 2.24) is 10.2 Å². The van der Waals surface area contributed by atoms with Crippen LogP contribution in [0.3, 0.4) is 0 Å². The summed E-state index contributed by atoms with van der Waals surface area (Å²) in [5, 5.41) is 2.87. The fraction of sp³-hybridized carbons (Fsp3) is 0.900. The molecule has 0 rings (SSSR count). The van der Waals surface area contributed by atoms with Crippen molar-refractivity contribution in [3.63, 3.8) is 0 Å². The molecule has 84 valence electrons. The molecule has 0 bridgehead atoms. The van der Waals surface area contributed by atoms with Crippen LogP contribution in [0, 0.1) is 0 Å². The van der Waals surface area contributed by atoms with Gasteiger partial charge in [0.05, 0.1) is 0 Å². The summed E-state index contributed by atoms with van der Waals surface area (Å²) in [6.07, 6.45) is 2.39. The molecule has 0 radical (unpaired) electrons. The maximum Gasteiger partial charge on any atom is 0.220 e. The summed E-state index contributed by atoms with van der Waals surface area (Å²) in [6, 6.07) is 0.199. The molecule has 1 atom stereocenters. The zero-order valence-corrected chi connectivity index (χ0v) is 9.55. The molecule has 0 saturated heterocycles. The Morgan fingerprint density at radius 3 is 2.64 bits per heavy atom. The minimum atomic E-state index is 0.132. The molecule has 0 aliphatic carbocycles. The first kappa shape index (κ1) is 13.4. The van der Waals surface area contributed by atoms with Crippen LogP contribution in [0.4, 0.5) is 0 Å². The molecule has 1 unspecified atom stereocenters. The van der Waals surface area contributed by atoms with Crippen molar-refractivity contribution in [2.24, 2.45) is 5.73 Å². The van der Waals surface area contributed by atoms with Gasteiger partial charge in [-0.15, -0.1) is 0 Å². The first-order chi connectivity index (χ1) is 6.52. The highest BCUT2D eigenvalue weighted by atomic mass is 16.1. The molecule has 0 aliphatic heterocycles. The molecule has 0 saturated carbocycles. The van der Waals surface area contributed by atoms with E-state index < -0.39 is 0 Å². The number of amides is 1. The van der Waals surface area contributed by atoms with Gasteiger partial charge in [0.1, 0.15) is 0 Å². The highest BCUT2D eigenvalue weighted by Crippen LogP contribution is 1.97. The smallest absolute Gasteiger partial charge is 0.220 e. The average Bonchev–Trinajstić information content (AvgIpc) is 2.02. The lowest BCUT2D eigenvalue weighted by atomic mass is 10.1. The van der Waals surface area contributed by atoms with Gasteiger partial charge in [0.25, 0.3) is 0 Å². The lowest BCUT2D eigenvalue weighted by Crippen LogP contribution is -2.31. The molecular weight excluding hydrogens is 178 g/mol. The van der Waals surface area contributed by atoms with Crippen molar-refractivity contribution in [3.8, 4) is 0 Å². The predicted octanol–water partition coefficient (Wildman–Crippen LogP) is 0.182. The van der Waals surface area contributed by atoms with Gasteiger partial charge < -0.3 is 16.0 Å². The first-order valence-electron chi connectivity index (χ1n) is 5.19. The molecule has 1 amide bonds. The Kier molecular flexibility index (Phi) is 7.42. The molecular formula is C10H23N3O. The van der Waals surface area contributed by atoms with Crippen LogP contribution < -0.4 is 11.1 Å². The third kappa shape index (κ3) is 9.48. The van der Waals surface area contributed by atoms with Crippen molar-refractivity contribution in [1.29, 1.82) is 0 Å². The summed E-state index contributed by atoms with van der Waals surface area (Å²) in [7, 11) is 3.98. The van der Waals surface area contributed by atoms with E-state index in [1.165, 1.54) is 0 Å². The van der Waals surface area contributed by atoms with Crippen molar-refractivity contribution in [2.75, 3.05) is 27.2 Å². The number of carbonyl (C=O) groups is 1. The second-order valence-electron chi connectivity index (χ2n) is 4.02. The summed E-state index contributed by atoms with van der Waals surface area (Å²) in [6.45, 7) is 3.58. The normalized spacial score (nSPS) is 12.9. The number of nitrogens with one attached hydrogen (secondary N) is 1. The van der Waals surface area contributed by atoms with Gasteiger partial charge in [0.15, 0.2) is 0 Å². The number of nitrogens with two attached hydrogens (primary N) is 1. The van der Waals surface area contributed by atoms with Gasteiger partial charge in [-0.25, -0.2) is 0 Å². The summed E-state index contributed by atoms with van der Waals surface area (Å²) in [5.74, 6) is 0.132. The Morgan fingerprint density at radius 1 is 1.50 bits per heavy atom. The second kappa shape index (κ2) is 7.76. The summed E-state index contributed by atoms with van der Waals surface area (Å²) in [4.78, 5) is 13.3. The van der Waals surface area contributed by atoms with E-state index in [0.717, 1.165) is 25.9 Å². The average molecular weight is 201 g/mol. The van der Waals surface area contributed by atoms with Gasteiger partial charge in [-0.05, 0) is 33.9 Å². The van der Waals surface area contributed by atoms with Crippen LogP contribution in [0.25, 0.3) is 0 Å². The maximum atomic E-state index is 11.2. The van der Waals surface area contributed by atoms with Crippen molar-refractivity contribution >= 4 is 5.91 Å². The van der Waals surface area contributed by atoms with Crippen LogP contribution in [0.5, 0.6) is 0 Å². The summed E-state index contributed by atoms with van der Waals surface area (Å²) < 4.78 is 0. The Morgan fingerprint density at radius 2 is 2.14 bits per heavy atom. The van der Waals surface area contributed by atoms with Crippen LogP contribution in [0.2, 0.25) is 0 Å². The fourth-order valence-corrected chi connectivity index (χ4v) is 1.09. The standard InChI is InChI=1S/C10H23N3O/c1-9(11)5-4-6-10(14)12-7-8-13(2)3/h9H,4-8,11H2,1-3H3,(H,12,14). The number of hydrogen-bond donors (Lipinski definition) is 2. The molecule has 0 heterocycles. The van der Waals surface area contributed by atoms with E-state index in [0.29, 0.717) is 6.42 Å². The molecule has 4 heteroatoms. The molecule has 0 aromatic heterocycles. The molecule has 0 aliphatic rings. The molecule has 4 nitrogen and oxygen atoms in total. The SMILES string of the molecule is CC(N)CCCC(=O)NCCN(C)C. The number of nitrogens with zero attached hydrogens (tertiary/aromatic N) is 1. The number of carbonyl (C=O) groups excluding carboxylic acids is 1. The van der Waals surface area contributed by atoms with Crippen molar-refractivity contribution in [3.05, 3.63) is 0 Å². The minimum absolute atomic E-state index is 0.132. The maximum absolute atomic E-state index is 11.2. The highest BCUT2D eigenvalue weighted by Gasteiger charge is 2.01. The quantitative estimate of drug-likeness (QED) is 0.618. The van der Waals surface area contributed by atoms with Crippen LogP contribution in [-0.2, 0) is 4.79 Å². The molecule has 0 fully saturated rings. The Balaban J connectivity index is 3.28. The topological polar surface area (TPSA) is 58.4 Å². The van der Waals surface area contributed by atoms with E-state index in [-0.39, 0.29) is 11.9 Å². The van der Waals surface area contributed by atoms with Crippen LogP contribution >= 0.6 is 0 Å². The largest absolute Gasteiger partial charge is 0.355 e. The predicted molar refractivity (Wildman–Crippen MR) is 59.1 cm³/mol. The first-order valence-corrected chi connectivity index (χ1v) is 5.19. The third-order valence-corrected chi connectivity index (χ3v) is 1.94. The van der Waals surface area contributed by atoms with Gasteiger partial charge in [-0.1, -0.05) is 0 Å². The molecule has 0 aromatic rings. The molecule has 3 N–H and O–H groups in total. The minimum Gasteiger partial charge on any atom is -0.355 e. The number of rotatable bonds is 7. The Labute approximate surface area is 86.8 Å². The molecule has 0 aromatic carbocycles. The Bertz CT molecular complexity index is 141. The number of hydrogen-bond acceptors (Lipinski definition) is 3. The van der Waals surface area contributed by atoms with Gasteiger partial charge in [-0.2, -0.15) is 0 Å². The second-order valence-corrected chi connectivity index (χ2v) is 4.02.